The van der Waals surface area contributed by atoms with Crippen LogP contribution in [0.1, 0.15) is 16.1 Å². The topological polar surface area (TPSA) is 60.1 Å². The highest BCUT2D eigenvalue weighted by molar-refractivity contribution is 6.33. The van der Waals surface area contributed by atoms with Gasteiger partial charge in [-0.15, -0.1) is 0 Å². The van der Waals surface area contributed by atoms with E-state index in [2.05, 4.69) is 10.4 Å². The summed E-state index contributed by atoms with van der Waals surface area (Å²) in [6, 6.07) is 9.33. The Hall–Kier alpha value is -2.60. The second-order valence-corrected chi connectivity index (χ2v) is 4.99. The molecule has 3 rings (SSSR count). The van der Waals surface area contributed by atoms with Crippen LogP contribution in [0.2, 0.25) is 5.02 Å². The standard InChI is InChI=1S/C15H11ClFN3O2/c16-12-9-20(8-10-3-1-4-11(17)7-10)19-14(12)18-15(21)13-5-2-6-22-13/h1-7,9H,8H2,(H,18,19,21). The van der Waals surface area contributed by atoms with E-state index in [0.717, 1.165) is 5.56 Å². The Morgan fingerprint density at radius 2 is 2.23 bits per heavy atom. The molecule has 112 valence electrons. The van der Waals surface area contributed by atoms with Gasteiger partial charge >= 0.3 is 0 Å². The summed E-state index contributed by atoms with van der Waals surface area (Å²) in [6.07, 6.45) is 2.96. The van der Waals surface area contributed by atoms with Gasteiger partial charge in [-0.3, -0.25) is 9.48 Å². The third-order valence-corrected chi connectivity index (χ3v) is 3.20. The largest absolute Gasteiger partial charge is 0.459 e. The van der Waals surface area contributed by atoms with Crippen molar-refractivity contribution < 1.29 is 13.6 Å². The zero-order chi connectivity index (χ0) is 15.5. The van der Waals surface area contributed by atoms with Gasteiger partial charge in [0.25, 0.3) is 5.91 Å². The number of nitrogens with zero attached hydrogens (tertiary/aromatic N) is 2. The van der Waals surface area contributed by atoms with Crippen LogP contribution in [0.4, 0.5) is 10.2 Å². The fourth-order valence-corrected chi connectivity index (χ4v) is 2.16. The van der Waals surface area contributed by atoms with Crippen LogP contribution < -0.4 is 5.32 Å². The van der Waals surface area contributed by atoms with E-state index in [4.69, 9.17) is 16.0 Å². The molecule has 1 amide bonds. The molecular weight excluding hydrogens is 309 g/mol. The van der Waals surface area contributed by atoms with Crippen LogP contribution in [0.3, 0.4) is 0 Å². The molecule has 0 saturated carbocycles. The molecule has 0 bridgehead atoms. The first kappa shape index (κ1) is 14.3. The summed E-state index contributed by atoms with van der Waals surface area (Å²) < 4.78 is 19.7. The molecule has 7 heteroatoms. The first-order valence-electron chi connectivity index (χ1n) is 6.44. The molecule has 2 heterocycles. The van der Waals surface area contributed by atoms with E-state index in [1.54, 1.807) is 24.4 Å². The van der Waals surface area contributed by atoms with E-state index < -0.39 is 5.91 Å². The number of anilines is 1. The molecule has 0 radical (unpaired) electrons. The number of hydrogen-bond donors (Lipinski definition) is 1. The monoisotopic (exact) mass is 319 g/mol. The predicted molar refractivity (Wildman–Crippen MR) is 79.4 cm³/mol. The van der Waals surface area contributed by atoms with Crippen molar-refractivity contribution in [2.24, 2.45) is 0 Å². The van der Waals surface area contributed by atoms with Crippen molar-refractivity contribution in [1.29, 1.82) is 0 Å². The molecule has 0 aliphatic heterocycles. The fraction of sp³-hybridized carbons (Fsp3) is 0.0667. The summed E-state index contributed by atoms with van der Waals surface area (Å²) in [4.78, 5) is 11.9. The Kier molecular flexibility index (Phi) is 3.93. The van der Waals surface area contributed by atoms with Gasteiger partial charge < -0.3 is 9.73 Å². The van der Waals surface area contributed by atoms with Crippen LogP contribution in [-0.4, -0.2) is 15.7 Å². The van der Waals surface area contributed by atoms with Gasteiger partial charge in [0.15, 0.2) is 11.6 Å². The minimum atomic E-state index is -0.442. The van der Waals surface area contributed by atoms with Crippen molar-refractivity contribution in [3.8, 4) is 0 Å². The molecule has 0 aliphatic carbocycles. The molecule has 22 heavy (non-hydrogen) atoms. The van der Waals surface area contributed by atoms with Crippen molar-refractivity contribution in [2.45, 2.75) is 6.54 Å². The number of carbonyl (C=O) groups is 1. The molecule has 0 fully saturated rings. The summed E-state index contributed by atoms with van der Waals surface area (Å²) in [5.74, 6) is -0.375. The molecule has 3 aromatic rings. The lowest BCUT2D eigenvalue weighted by atomic mass is 10.2. The van der Waals surface area contributed by atoms with Crippen LogP contribution >= 0.6 is 11.6 Å². The molecule has 0 aliphatic rings. The number of nitrogens with one attached hydrogen (secondary N) is 1. The van der Waals surface area contributed by atoms with Gasteiger partial charge in [-0.1, -0.05) is 23.7 Å². The molecule has 1 aromatic carbocycles. The Balaban J connectivity index is 1.75. The number of benzene rings is 1. The fourth-order valence-electron chi connectivity index (χ4n) is 1.96. The lowest BCUT2D eigenvalue weighted by molar-refractivity contribution is 0.0996. The maximum absolute atomic E-state index is 13.2. The minimum absolute atomic E-state index is 0.163. The molecular formula is C15H11ClFN3O2. The van der Waals surface area contributed by atoms with Crippen molar-refractivity contribution in [3.63, 3.8) is 0 Å². The molecule has 2 aromatic heterocycles. The Morgan fingerprint density at radius 3 is 2.95 bits per heavy atom. The molecule has 5 nitrogen and oxygen atoms in total. The first-order chi connectivity index (χ1) is 10.6. The van der Waals surface area contributed by atoms with E-state index in [9.17, 15) is 9.18 Å². The third-order valence-electron chi connectivity index (χ3n) is 2.93. The summed E-state index contributed by atoms with van der Waals surface area (Å²) in [5, 5.41) is 7.02. The molecule has 0 spiro atoms. The van der Waals surface area contributed by atoms with Crippen molar-refractivity contribution in [2.75, 3.05) is 5.32 Å². The SMILES string of the molecule is O=C(Nc1nn(Cc2cccc(F)c2)cc1Cl)c1ccco1. The molecule has 0 unspecified atom stereocenters. The van der Waals surface area contributed by atoms with Gasteiger partial charge in [-0.25, -0.2) is 4.39 Å². The second kappa shape index (κ2) is 6.03. The smallest absolute Gasteiger partial charge is 0.292 e. The van der Waals surface area contributed by atoms with Crippen molar-refractivity contribution in [1.82, 2.24) is 9.78 Å². The maximum Gasteiger partial charge on any atom is 0.292 e. The normalized spacial score (nSPS) is 10.6. The van der Waals surface area contributed by atoms with E-state index >= 15 is 0 Å². The van der Waals surface area contributed by atoms with Crippen LogP contribution in [0, 0.1) is 5.82 Å². The number of carbonyl (C=O) groups excluding carboxylic acids is 1. The lowest BCUT2D eigenvalue weighted by Crippen LogP contribution is -2.12. The number of amides is 1. The average molecular weight is 320 g/mol. The number of hydrogen-bond acceptors (Lipinski definition) is 3. The van der Waals surface area contributed by atoms with Gasteiger partial charge in [0.05, 0.1) is 12.8 Å². The van der Waals surface area contributed by atoms with E-state index in [1.165, 1.54) is 29.1 Å². The Bertz CT molecular complexity index is 799. The maximum atomic E-state index is 13.2. The summed E-state index contributed by atoms with van der Waals surface area (Å²) in [7, 11) is 0. The number of halogens is 2. The van der Waals surface area contributed by atoms with Crippen LogP contribution in [0.15, 0.2) is 53.3 Å². The third kappa shape index (κ3) is 3.17. The average Bonchev–Trinajstić information content (AvgIpc) is 3.10. The molecule has 0 atom stereocenters. The minimum Gasteiger partial charge on any atom is -0.459 e. The van der Waals surface area contributed by atoms with Gasteiger partial charge in [-0.05, 0) is 29.8 Å². The highest BCUT2D eigenvalue weighted by atomic mass is 35.5. The van der Waals surface area contributed by atoms with E-state index in [-0.39, 0.29) is 22.4 Å². The second-order valence-electron chi connectivity index (χ2n) is 4.58. The summed E-state index contributed by atoms with van der Waals surface area (Å²) in [5.41, 5.74) is 0.739. The lowest BCUT2D eigenvalue weighted by Gasteiger charge is -2.02. The summed E-state index contributed by atoms with van der Waals surface area (Å²) in [6.45, 7) is 0.341. The van der Waals surface area contributed by atoms with E-state index in [1.807, 2.05) is 0 Å². The van der Waals surface area contributed by atoms with Crippen LogP contribution in [0.5, 0.6) is 0 Å². The van der Waals surface area contributed by atoms with Crippen LogP contribution in [-0.2, 0) is 6.54 Å². The number of aromatic nitrogens is 2. The van der Waals surface area contributed by atoms with E-state index in [0.29, 0.717) is 6.54 Å². The number of rotatable bonds is 4. The van der Waals surface area contributed by atoms with Crippen LogP contribution in [0.25, 0.3) is 0 Å². The predicted octanol–water partition coefficient (Wildman–Crippen LogP) is 3.57. The Morgan fingerprint density at radius 1 is 1.36 bits per heavy atom. The van der Waals surface area contributed by atoms with Gasteiger partial charge in [-0.2, -0.15) is 5.10 Å². The van der Waals surface area contributed by atoms with Crippen molar-refractivity contribution >= 4 is 23.3 Å². The zero-order valence-corrected chi connectivity index (χ0v) is 12.0. The first-order valence-corrected chi connectivity index (χ1v) is 6.82. The molecule has 0 saturated heterocycles. The zero-order valence-electron chi connectivity index (χ0n) is 11.3. The highest BCUT2D eigenvalue weighted by Crippen LogP contribution is 2.21. The quantitative estimate of drug-likeness (QED) is 0.799. The van der Waals surface area contributed by atoms with Gasteiger partial charge in [0.2, 0.25) is 0 Å². The highest BCUT2D eigenvalue weighted by Gasteiger charge is 2.14. The van der Waals surface area contributed by atoms with Crippen molar-refractivity contribution in [3.05, 3.63) is 71.0 Å². The Labute approximate surface area is 130 Å². The van der Waals surface area contributed by atoms with Gasteiger partial charge in [0, 0.05) is 6.20 Å². The molecule has 1 N–H and O–H groups in total. The van der Waals surface area contributed by atoms with Gasteiger partial charge in [0.1, 0.15) is 10.8 Å². The summed E-state index contributed by atoms with van der Waals surface area (Å²) >= 11 is 6.05. The number of furan rings is 1.